The van der Waals surface area contributed by atoms with Crippen LogP contribution in [-0.4, -0.2) is 58.8 Å². The van der Waals surface area contributed by atoms with E-state index < -0.39 is 17.9 Å². The molecule has 2 N–H and O–H groups in total. The van der Waals surface area contributed by atoms with Crippen LogP contribution in [0.25, 0.3) is 0 Å². The molecular formula is C23H41NO6. The summed E-state index contributed by atoms with van der Waals surface area (Å²) in [7, 11) is 0. The van der Waals surface area contributed by atoms with Gasteiger partial charge in [0.1, 0.15) is 0 Å². The highest BCUT2D eigenvalue weighted by Crippen LogP contribution is 2.18. The minimum Gasteiger partial charge on any atom is -0.550 e. The molecule has 0 heterocycles. The zero-order chi connectivity index (χ0) is 22.7. The van der Waals surface area contributed by atoms with Crippen LogP contribution in [0.3, 0.4) is 0 Å². The second-order valence-electron chi connectivity index (χ2n) is 8.19. The first-order valence-electron chi connectivity index (χ1n) is 11.4. The lowest BCUT2D eigenvalue weighted by Crippen LogP contribution is -2.51. The summed E-state index contributed by atoms with van der Waals surface area (Å²) in [5.74, 6) is -2.76. The maximum atomic E-state index is 10.9. The largest absolute Gasteiger partial charge is 0.550 e. The molecule has 0 aromatic carbocycles. The van der Waals surface area contributed by atoms with E-state index in [-0.39, 0.29) is 19.3 Å². The Morgan fingerprint density at radius 1 is 0.700 bits per heavy atom. The van der Waals surface area contributed by atoms with E-state index in [0.29, 0.717) is 43.4 Å². The van der Waals surface area contributed by atoms with Crippen molar-refractivity contribution in [3.8, 4) is 0 Å². The second-order valence-corrected chi connectivity index (χ2v) is 8.19. The number of carboxylic acids is 3. The van der Waals surface area contributed by atoms with Crippen LogP contribution in [0.15, 0.2) is 12.2 Å². The smallest absolute Gasteiger partial charge is 0.303 e. The first-order valence-corrected chi connectivity index (χ1v) is 11.4. The molecule has 0 rings (SSSR count). The predicted octanol–water partition coefficient (Wildman–Crippen LogP) is 3.37. The van der Waals surface area contributed by atoms with Crippen LogP contribution < -0.4 is 5.11 Å². The number of carboxylic acid groups (broad SMARTS) is 3. The fourth-order valence-electron chi connectivity index (χ4n) is 3.94. The molecule has 0 aromatic rings. The van der Waals surface area contributed by atoms with Gasteiger partial charge >= 0.3 is 11.9 Å². The van der Waals surface area contributed by atoms with Gasteiger partial charge in [0.15, 0.2) is 0 Å². The number of carbonyl (C=O) groups excluding carboxylic acids is 1. The van der Waals surface area contributed by atoms with Gasteiger partial charge in [-0.1, -0.05) is 31.4 Å². The van der Waals surface area contributed by atoms with Crippen LogP contribution in [0.4, 0.5) is 0 Å². The molecule has 0 aromatic heterocycles. The minimum absolute atomic E-state index is 0.0237. The molecule has 0 radical (unpaired) electrons. The SMILES string of the molecule is C/C=C/CCCCCCCC[N+](CCCC(=O)[O-])(CCCC(=O)O)CCCC(=O)O. The maximum absolute atomic E-state index is 10.9. The third-order valence-corrected chi connectivity index (χ3v) is 5.55. The third-order valence-electron chi connectivity index (χ3n) is 5.55. The number of hydrogen-bond donors (Lipinski definition) is 2. The molecule has 0 saturated heterocycles. The fraction of sp³-hybridized carbons (Fsp3) is 0.783. The molecule has 0 spiro atoms. The normalized spacial score (nSPS) is 11.8. The summed E-state index contributed by atoms with van der Waals surface area (Å²) in [4.78, 5) is 32.7. The number of hydrogen-bond acceptors (Lipinski definition) is 4. The summed E-state index contributed by atoms with van der Waals surface area (Å²) >= 11 is 0. The van der Waals surface area contributed by atoms with Gasteiger partial charge in [0, 0.05) is 25.2 Å². The minimum atomic E-state index is -1.08. The van der Waals surface area contributed by atoms with E-state index >= 15 is 0 Å². The number of unbranched alkanes of at least 4 members (excludes halogenated alkanes) is 6. The summed E-state index contributed by atoms with van der Waals surface area (Å²) in [6.45, 7) is 4.77. The molecule has 0 saturated carbocycles. The molecule has 0 aliphatic rings. The van der Waals surface area contributed by atoms with Crippen molar-refractivity contribution >= 4 is 17.9 Å². The highest BCUT2D eigenvalue weighted by atomic mass is 16.4. The number of carbonyl (C=O) groups is 3. The summed E-state index contributed by atoms with van der Waals surface area (Å²) in [6, 6.07) is 0. The van der Waals surface area contributed by atoms with Crippen LogP contribution in [-0.2, 0) is 14.4 Å². The van der Waals surface area contributed by atoms with Gasteiger partial charge < -0.3 is 24.6 Å². The van der Waals surface area contributed by atoms with Gasteiger partial charge in [-0.3, -0.25) is 9.59 Å². The lowest BCUT2D eigenvalue weighted by Gasteiger charge is -2.39. The van der Waals surface area contributed by atoms with Crippen molar-refractivity contribution in [2.24, 2.45) is 0 Å². The lowest BCUT2D eigenvalue weighted by molar-refractivity contribution is -0.929. The van der Waals surface area contributed by atoms with Gasteiger partial charge in [-0.05, 0) is 39.0 Å². The number of allylic oxidation sites excluding steroid dienone is 2. The van der Waals surface area contributed by atoms with Crippen molar-refractivity contribution < 1.29 is 34.2 Å². The monoisotopic (exact) mass is 427 g/mol. The van der Waals surface area contributed by atoms with Crippen molar-refractivity contribution in [2.45, 2.75) is 90.4 Å². The van der Waals surface area contributed by atoms with Crippen LogP contribution in [0.5, 0.6) is 0 Å². The molecule has 0 unspecified atom stereocenters. The van der Waals surface area contributed by atoms with Gasteiger partial charge in [-0.2, -0.15) is 0 Å². The molecular weight excluding hydrogens is 386 g/mol. The van der Waals surface area contributed by atoms with Crippen molar-refractivity contribution in [2.75, 3.05) is 26.2 Å². The molecule has 0 aliphatic carbocycles. The first-order chi connectivity index (χ1) is 14.3. The van der Waals surface area contributed by atoms with E-state index in [9.17, 15) is 19.5 Å². The second kappa shape index (κ2) is 17.9. The third kappa shape index (κ3) is 17.0. The topological polar surface area (TPSA) is 115 Å². The van der Waals surface area contributed by atoms with Crippen LogP contribution in [0, 0.1) is 0 Å². The molecule has 0 amide bonds. The number of nitrogens with zero attached hydrogens (tertiary/aromatic N) is 1. The lowest BCUT2D eigenvalue weighted by atomic mass is 10.1. The van der Waals surface area contributed by atoms with Crippen molar-refractivity contribution in [3.63, 3.8) is 0 Å². The molecule has 0 aliphatic heterocycles. The first kappa shape index (κ1) is 28.1. The van der Waals surface area contributed by atoms with Crippen LogP contribution in [0.2, 0.25) is 0 Å². The highest BCUT2D eigenvalue weighted by molar-refractivity contribution is 5.66. The fourth-order valence-corrected chi connectivity index (χ4v) is 3.94. The number of rotatable bonds is 21. The predicted molar refractivity (Wildman–Crippen MR) is 115 cm³/mol. The van der Waals surface area contributed by atoms with Crippen LogP contribution >= 0.6 is 0 Å². The zero-order valence-corrected chi connectivity index (χ0v) is 18.7. The van der Waals surface area contributed by atoms with Gasteiger partial charge in [0.05, 0.1) is 39.0 Å². The Balaban J connectivity index is 4.70. The number of quaternary nitrogens is 1. The standard InChI is InChI=1S/C23H41NO6/c1-2-3-4-5-6-7-8-9-10-17-24(18-11-14-21(25)26,19-12-15-22(27)28)20-13-16-23(29)30/h2-3H,4-20H2,1H3,(H2-,25,26,27,28,29,30)/b3-2+. The van der Waals surface area contributed by atoms with Crippen molar-refractivity contribution in [3.05, 3.63) is 12.2 Å². The maximum Gasteiger partial charge on any atom is 0.303 e. The Morgan fingerprint density at radius 2 is 1.13 bits per heavy atom. The average Bonchev–Trinajstić information content (AvgIpc) is 2.65. The highest BCUT2D eigenvalue weighted by Gasteiger charge is 2.26. The van der Waals surface area contributed by atoms with E-state index in [4.69, 9.17) is 10.2 Å². The average molecular weight is 428 g/mol. The molecule has 7 nitrogen and oxygen atoms in total. The van der Waals surface area contributed by atoms with E-state index in [1.165, 1.54) is 19.3 Å². The van der Waals surface area contributed by atoms with E-state index in [1.807, 2.05) is 6.92 Å². The zero-order valence-electron chi connectivity index (χ0n) is 18.7. The van der Waals surface area contributed by atoms with E-state index in [1.54, 1.807) is 0 Å². The van der Waals surface area contributed by atoms with Gasteiger partial charge in [0.25, 0.3) is 0 Å². The summed E-state index contributed by atoms with van der Waals surface area (Å²) in [5.41, 5.74) is 0. The molecule has 7 heteroatoms. The molecule has 0 fully saturated rings. The van der Waals surface area contributed by atoms with Gasteiger partial charge in [-0.15, -0.1) is 0 Å². The summed E-state index contributed by atoms with van der Waals surface area (Å²) in [5, 5.41) is 28.8. The number of aliphatic carboxylic acids is 3. The molecule has 174 valence electrons. The quantitative estimate of drug-likeness (QED) is 0.165. The summed E-state index contributed by atoms with van der Waals surface area (Å²) < 4.78 is 0.606. The Kier molecular flexibility index (Phi) is 16.8. The van der Waals surface area contributed by atoms with Gasteiger partial charge in [0.2, 0.25) is 0 Å². The molecule has 0 bridgehead atoms. The van der Waals surface area contributed by atoms with Crippen molar-refractivity contribution in [1.82, 2.24) is 0 Å². The Hall–Kier alpha value is -1.89. The van der Waals surface area contributed by atoms with E-state index in [0.717, 1.165) is 32.2 Å². The van der Waals surface area contributed by atoms with Crippen LogP contribution in [0.1, 0.15) is 90.4 Å². The Labute approximate surface area is 181 Å². The van der Waals surface area contributed by atoms with E-state index in [2.05, 4.69) is 12.2 Å². The Morgan fingerprint density at radius 3 is 1.60 bits per heavy atom. The summed E-state index contributed by atoms with van der Waals surface area (Å²) in [6.07, 6.45) is 13.8. The Bertz CT molecular complexity index is 468. The van der Waals surface area contributed by atoms with Gasteiger partial charge in [-0.25, -0.2) is 0 Å². The van der Waals surface area contributed by atoms with Crippen molar-refractivity contribution in [1.29, 1.82) is 0 Å². The molecule has 0 atom stereocenters. The molecule has 30 heavy (non-hydrogen) atoms.